The number of benzene rings is 2. The number of amides is 1. The molecule has 0 unspecified atom stereocenters. The molecule has 29 heavy (non-hydrogen) atoms. The van der Waals surface area contributed by atoms with Crippen molar-refractivity contribution in [2.75, 3.05) is 20.2 Å². The van der Waals surface area contributed by atoms with Crippen LogP contribution >= 0.6 is 11.6 Å². The number of nitrogens with zero attached hydrogens (tertiary/aromatic N) is 1. The predicted octanol–water partition coefficient (Wildman–Crippen LogP) is 3.72. The average molecular weight is 416 g/mol. The lowest BCUT2D eigenvalue weighted by molar-refractivity contribution is -0.151. The van der Waals surface area contributed by atoms with Crippen molar-refractivity contribution in [1.82, 2.24) is 4.90 Å². The highest BCUT2D eigenvalue weighted by Crippen LogP contribution is 2.21. The zero-order valence-corrected chi connectivity index (χ0v) is 16.9. The maximum atomic E-state index is 12.5. The third kappa shape index (κ3) is 5.35. The molecule has 1 heterocycles. The second-order valence-corrected chi connectivity index (χ2v) is 7.31. The fraction of sp³-hybridized carbons (Fsp3) is 0.318. The van der Waals surface area contributed by atoms with E-state index in [0.717, 1.165) is 5.56 Å². The zero-order valence-electron chi connectivity index (χ0n) is 16.1. The summed E-state index contributed by atoms with van der Waals surface area (Å²) in [5.74, 6) is -0.952. The van der Waals surface area contributed by atoms with Crippen molar-refractivity contribution in [1.29, 1.82) is 0 Å². The highest BCUT2D eigenvalue weighted by atomic mass is 35.5. The summed E-state index contributed by atoms with van der Waals surface area (Å²) in [7, 11) is 1.33. The Kier molecular flexibility index (Phi) is 6.88. The molecule has 1 fully saturated rings. The first-order chi connectivity index (χ1) is 14.0. The Morgan fingerprint density at radius 1 is 0.966 bits per heavy atom. The minimum Gasteiger partial charge on any atom is -0.465 e. The van der Waals surface area contributed by atoms with Crippen molar-refractivity contribution in [3.63, 3.8) is 0 Å². The first-order valence-corrected chi connectivity index (χ1v) is 9.74. The normalized spacial score (nSPS) is 14.3. The molecule has 0 aliphatic carbocycles. The number of esters is 2. The molecule has 2 aromatic rings. The Hall–Kier alpha value is -2.86. The number of ether oxygens (including phenoxy) is 2. The lowest BCUT2D eigenvalue weighted by Gasteiger charge is -2.31. The van der Waals surface area contributed by atoms with Gasteiger partial charge in [0, 0.05) is 23.7 Å². The van der Waals surface area contributed by atoms with Crippen molar-refractivity contribution in [3.8, 4) is 0 Å². The number of piperidine rings is 1. The molecule has 0 radical (unpaired) electrons. The van der Waals surface area contributed by atoms with Crippen LogP contribution in [0.15, 0.2) is 48.5 Å². The van der Waals surface area contributed by atoms with E-state index in [1.165, 1.54) is 7.11 Å². The van der Waals surface area contributed by atoms with Crippen molar-refractivity contribution in [2.24, 2.45) is 5.92 Å². The Balaban J connectivity index is 1.46. The van der Waals surface area contributed by atoms with Crippen LogP contribution in [0.25, 0.3) is 0 Å². The third-order valence-corrected chi connectivity index (χ3v) is 5.21. The number of hydrogen-bond acceptors (Lipinski definition) is 5. The smallest absolute Gasteiger partial charge is 0.337 e. The molecule has 1 aliphatic heterocycles. The van der Waals surface area contributed by atoms with Crippen molar-refractivity contribution in [2.45, 2.75) is 19.4 Å². The number of rotatable bonds is 5. The fourth-order valence-electron chi connectivity index (χ4n) is 3.22. The zero-order chi connectivity index (χ0) is 20.8. The van der Waals surface area contributed by atoms with E-state index in [-0.39, 0.29) is 24.4 Å². The minimum atomic E-state index is -0.409. The van der Waals surface area contributed by atoms with Gasteiger partial charge in [0.15, 0.2) is 0 Å². The van der Waals surface area contributed by atoms with Crippen LogP contribution < -0.4 is 0 Å². The number of carbonyl (C=O) groups excluding carboxylic acids is 3. The quantitative estimate of drug-likeness (QED) is 0.696. The molecule has 0 bridgehead atoms. The second kappa shape index (κ2) is 9.56. The van der Waals surface area contributed by atoms with Crippen molar-refractivity contribution >= 4 is 29.4 Å². The molecule has 6 nitrogen and oxygen atoms in total. The van der Waals surface area contributed by atoms with Crippen LogP contribution in [0.5, 0.6) is 0 Å². The van der Waals surface area contributed by atoms with Crippen LogP contribution in [0.3, 0.4) is 0 Å². The Morgan fingerprint density at radius 3 is 2.14 bits per heavy atom. The molecule has 0 spiro atoms. The number of methoxy groups -OCH3 is 1. The van der Waals surface area contributed by atoms with Gasteiger partial charge < -0.3 is 14.4 Å². The second-order valence-electron chi connectivity index (χ2n) is 6.87. The molecule has 0 atom stereocenters. The summed E-state index contributed by atoms with van der Waals surface area (Å²) in [6.07, 6.45) is 1.14. The fourth-order valence-corrected chi connectivity index (χ4v) is 3.35. The topological polar surface area (TPSA) is 72.9 Å². The van der Waals surface area contributed by atoms with Gasteiger partial charge >= 0.3 is 11.9 Å². The largest absolute Gasteiger partial charge is 0.465 e. The molecule has 0 saturated carbocycles. The molecule has 7 heteroatoms. The molecular formula is C22H22ClNO5. The van der Waals surface area contributed by atoms with Crippen LogP contribution in [0.2, 0.25) is 5.02 Å². The Labute approximate surface area is 174 Å². The first-order valence-electron chi connectivity index (χ1n) is 9.36. The monoisotopic (exact) mass is 415 g/mol. The number of carbonyl (C=O) groups is 3. The molecule has 1 amide bonds. The molecule has 1 aliphatic rings. The van der Waals surface area contributed by atoms with Crippen molar-refractivity contribution in [3.05, 3.63) is 70.2 Å². The summed E-state index contributed by atoms with van der Waals surface area (Å²) >= 11 is 5.86. The van der Waals surface area contributed by atoms with Gasteiger partial charge in [-0.1, -0.05) is 23.7 Å². The SMILES string of the molecule is COC(=O)c1ccc(COC(=O)C2CCN(C(=O)c3ccc(Cl)cc3)CC2)cc1. The maximum absolute atomic E-state index is 12.5. The maximum Gasteiger partial charge on any atom is 0.337 e. The molecule has 0 aromatic heterocycles. The van der Waals surface area contributed by atoms with E-state index in [4.69, 9.17) is 16.3 Å². The highest BCUT2D eigenvalue weighted by Gasteiger charge is 2.28. The molecule has 152 valence electrons. The molecule has 1 saturated heterocycles. The van der Waals surface area contributed by atoms with E-state index < -0.39 is 5.97 Å². The molecule has 3 rings (SSSR count). The Bertz CT molecular complexity index is 871. The molecule has 0 N–H and O–H groups in total. The summed E-state index contributed by atoms with van der Waals surface area (Å²) < 4.78 is 10.1. The van der Waals surface area contributed by atoms with E-state index in [2.05, 4.69) is 4.74 Å². The first kappa shape index (κ1) is 20.9. The van der Waals surface area contributed by atoms with Crippen LogP contribution in [-0.4, -0.2) is 42.9 Å². The van der Waals surface area contributed by atoms with E-state index in [0.29, 0.717) is 42.1 Å². The van der Waals surface area contributed by atoms with E-state index in [1.54, 1.807) is 53.4 Å². The van der Waals surface area contributed by atoms with Gasteiger partial charge in [0.2, 0.25) is 0 Å². The van der Waals surface area contributed by atoms with E-state index >= 15 is 0 Å². The number of halogens is 1. The molecular weight excluding hydrogens is 394 g/mol. The van der Waals surface area contributed by atoms with Gasteiger partial charge in [-0.15, -0.1) is 0 Å². The summed E-state index contributed by atoms with van der Waals surface area (Å²) in [4.78, 5) is 38.1. The molecule has 2 aromatic carbocycles. The summed E-state index contributed by atoms with van der Waals surface area (Å²) in [6, 6.07) is 13.5. The minimum absolute atomic E-state index is 0.0563. The van der Waals surface area contributed by atoms with Crippen LogP contribution in [0.1, 0.15) is 39.1 Å². The predicted molar refractivity (Wildman–Crippen MR) is 108 cm³/mol. The summed E-state index contributed by atoms with van der Waals surface area (Å²) in [5.41, 5.74) is 1.83. The number of hydrogen-bond donors (Lipinski definition) is 0. The highest BCUT2D eigenvalue weighted by molar-refractivity contribution is 6.30. The van der Waals surface area contributed by atoms with Gasteiger partial charge in [0.05, 0.1) is 18.6 Å². The van der Waals surface area contributed by atoms with E-state index in [1.807, 2.05) is 0 Å². The van der Waals surface area contributed by atoms with Gasteiger partial charge in [-0.2, -0.15) is 0 Å². The third-order valence-electron chi connectivity index (χ3n) is 4.96. The van der Waals surface area contributed by atoms with Crippen LogP contribution in [0.4, 0.5) is 0 Å². The van der Waals surface area contributed by atoms with E-state index in [9.17, 15) is 14.4 Å². The summed E-state index contributed by atoms with van der Waals surface area (Å²) in [5, 5.41) is 0.586. The number of likely N-dealkylation sites (tertiary alicyclic amines) is 1. The van der Waals surface area contributed by atoms with Crippen molar-refractivity contribution < 1.29 is 23.9 Å². The lowest BCUT2D eigenvalue weighted by Crippen LogP contribution is -2.40. The van der Waals surface area contributed by atoms with Gasteiger partial charge in [0.1, 0.15) is 6.61 Å². The average Bonchev–Trinajstić information content (AvgIpc) is 2.77. The van der Waals surface area contributed by atoms with Crippen LogP contribution in [0, 0.1) is 5.92 Å². The summed E-state index contributed by atoms with van der Waals surface area (Å²) in [6.45, 7) is 1.16. The standard InChI is InChI=1S/C22H22ClNO5/c1-28-21(26)17-4-2-15(3-5-17)14-29-22(27)18-10-12-24(13-11-18)20(25)16-6-8-19(23)9-7-16/h2-9,18H,10-14H2,1H3. The lowest BCUT2D eigenvalue weighted by atomic mass is 9.96. The Morgan fingerprint density at radius 2 is 1.55 bits per heavy atom. The van der Waals surface area contributed by atoms with Crippen LogP contribution in [-0.2, 0) is 20.9 Å². The van der Waals surface area contributed by atoms with Gasteiger partial charge in [0.25, 0.3) is 5.91 Å². The van der Waals surface area contributed by atoms with Gasteiger partial charge in [-0.25, -0.2) is 4.79 Å². The van der Waals surface area contributed by atoms with Gasteiger partial charge in [-0.3, -0.25) is 9.59 Å². The van der Waals surface area contributed by atoms with Gasteiger partial charge in [-0.05, 0) is 54.8 Å².